The first-order valence-electron chi connectivity index (χ1n) is 5.46. The second kappa shape index (κ2) is 4.94. The maximum atomic E-state index is 5.76. The van der Waals surface area contributed by atoms with Gasteiger partial charge in [-0.25, -0.2) is 0 Å². The van der Waals surface area contributed by atoms with Gasteiger partial charge in [-0.05, 0) is 38.2 Å². The monoisotopic (exact) mass is 216 g/mol. The number of aromatic nitrogens is 1. The standard InChI is InChI=1S/C13H16N2O/c1-10(14-2)8-12-5-6-13(16-12)11-4-3-7-15-9-11/h3-7,9-10,14H,8H2,1-2H3. The number of nitrogens with zero attached hydrogens (tertiary/aromatic N) is 1. The normalized spacial score (nSPS) is 12.6. The average molecular weight is 216 g/mol. The van der Waals surface area contributed by atoms with Gasteiger partial charge in [-0.1, -0.05) is 0 Å². The molecule has 1 N–H and O–H groups in total. The van der Waals surface area contributed by atoms with E-state index in [1.54, 1.807) is 6.20 Å². The van der Waals surface area contributed by atoms with Crippen LogP contribution < -0.4 is 5.32 Å². The summed E-state index contributed by atoms with van der Waals surface area (Å²) in [6.07, 6.45) is 4.47. The van der Waals surface area contributed by atoms with E-state index in [1.165, 1.54) is 0 Å². The molecular weight excluding hydrogens is 200 g/mol. The summed E-state index contributed by atoms with van der Waals surface area (Å²) >= 11 is 0. The molecule has 0 aromatic carbocycles. The number of nitrogens with one attached hydrogen (secondary N) is 1. The van der Waals surface area contributed by atoms with Gasteiger partial charge in [0, 0.05) is 30.4 Å². The molecular formula is C13H16N2O. The molecule has 2 heterocycles. The van der Waals surface area contributed by atoms with E-state index in [0.717, 1.165) is 23.5 Å². The van der Waals surface area contributed by atoms with Crippen LogP contribution in [0.4, 0.5) is 0 Å². The zero-order chi connectivity index (χ0) is 11.4. The number of hydrogen-bond donors (Lipinski definition) is 1. The summed E-state index contributed by atoms with van der Waals surface area (Å²) < 4.78 is 5.76. The van der Waals surface area contributed by atoms with E-state index in [0.29, 0.717) is 6.04 Å². The van der Waals surface area contributed by atoms with E-state index in [9.17, 15) is 0 Å². The Hall–Kier alpha value is -1.61. The van der Waals surface area contributed by atoms with Gasteiger partial charge in [-0.2, -0.15) is 0 Å². The second-order valence-electron chi connectivity index (χ2n) is 3.90. The number of likely N-dealkylation sites (N-methyl/N-ethyl adjacent to an activating group) is 1. The van der Waals surface area contributed by atoms with Crippen LogP contribution in [-0.2, 0) is 6.42 Å². The largest absolute Gasteiger partial charge is 0.461 e. The number of rotatable bonds is 4. The van der Waals surface area contributed by atoms with Crippen LogP contribution in [-0.4, -0.2) is 18.1 Å². The summed E-state index contributed by atoms with van der Waals surface area (Å²) in [4.78, 5) is 4.08. The maximum Gasteiger partial charge on any atom is 0.135 e. The van der Waals surface area contributed by atoms with E-state index >= 15 is 0 Å². The van der Waals surface area contributed by atoms with Crippen molar-refractivity contribution in [3.05, 3.63) is 42.4 Å². The Bertz CT molecular complexity index is 436. The predicted molar refractivity (Wildman–Crippen MR) is 64.2 cm³/mol. The van der Waals surface area contributed by atoms with Gasteiger partial charge in [0.05, 0.1) is 0 Å². The molecule has 1 atom stereocenters. The van der Waals surface area contributed by atoms with Crippen LogP contribution in [0.3, 0.4) is 0 Å². The van der Waals surface area contributed by atoms with Crippen molar-refractivity contribution in [3.8, 4) is 11.3 Å². The van der Waals surface area contributed by atoms with E-state index in [2.05, 4.69) is 17.2 Å². The van der Waals surface area contributed by atoms with Gasteiger partial charge in [0.25, 0.3) is 0 Å². The van der Waals surface area contributed by atoms with Crippen LogP contribution in [0.5, 0.6) is 0 Å². The summed E-state index contributed by atoms with van der Waals surface area (Å²) in [6.45, 7) is 2.13. The Balaban J connectivity index is 2.14. The van der Waals surface area contributed by atoms with Crippen molar-refractivity contribution in [1.29, 1.82) is 0 Å². The molecule has 0 saturated carbocycles. The summed E-state index contributed by atoms with van der Waals surface area (Å²) in [5.41, 5.74) is 1.02. The molecule has 3 nitrogen and oxygen atoms in total. The molecule has 84 valence electrons. The second-order valence-corrected chi connectivity index (χ2v) is 3.90. The zero-order valence-corrected chi connectivity index (χ0v) is 9.60. The van der Waals surface area contributed by atoms with E-state index in [1.807, 2.05) is 37.5 Å². The van der Waals surface area contributed by atoms with E-state index in [4.69, 9.17) is 4.42 Å². The first kappa shape index (κ1) is 10.9. The Labute approximate surface area is 95.5 Å². The van der Waals surface area contributed by atoms with Crippen LogP contribution in [0, 0.1) is 0 Å². The number of furan rings is 1. The fourth-order valence-electron chi connectivity index (χ4n) is 1.56. The fourth-order valence-corrected chi connectivity index (χ4v) is 1.56. The lowest BCUT2D eigenvalue weighted by atomic mass is 10.2. The Kier molecular flexibility index (Phi) is 3.37. The van der Waals surface area contributed by atoms with Gasteiger partial charge in [0.15, 0.2) is 0 Å². The molecule has 2 aromatic rings. The minimum atomic E-state index is 0.424. The van der Waals surface area contributed by atoms with Crippen LogP contribution in [0.15, 0.2) is 41.1 Å². The van der Waals surface area contributed by atoms with Crippen molar-refractivity contribution in [2.24, 2.45) is 0 Å². The van der Waals surface area contributed by atoms with Crippen molar-refractivity contribution in [3.63, 3.8) is 0 Å². The van der Waals surface area contributed by atoms with Crippen molar-refractivity contribution < 1.29 is 4.42 Å². The fraction of sp³-hybridized carbons (Fsp3) is 0.308. The molecule has 1 unspecified atom stereocenters. The third kappa shape index (κ3) is 2.49. The quantitative estimate of drug-likeness (QED) is 0.853. The Morgan fingerprint density at radius 2 is 2.25 bits per heavy atom. The molecule has 3 heteroatoms. The van der Waals surface area contributed by atoms with Gasteiger partial charge in [0.2, 0.25) is 0 Å². The summed E-state index contributed by atoms with van der Waals surface area (Å²) in [6, 6.07) is 8.35. The lowest BCUT2D eigenvalue weighted by Gasteiger charge is -2.06. The highest BCUT2D eigenvalue weighted by molar-refractivity contribution is 5.55. The smallest absolute Gasteiger partial charge is 0.135 e. The molecule has 16 heavy (non-hydrogen) atoms. The molecule has 0 aliphatic rings. The van der Waals surface area contributed by atoms with Crippen LogP contribution in [0.2, 0.25) is 0 Å². The lowest BCUT2D eigenvalue weighted by Crippen LogP contribution is -2.23. The van der Waals surface area contributed by atoms with Crippen LogP contribution >= 0.6 is 0 Å². The summed E-state index contributed by atoms with van der Waals surface area (Å²) in [7, 11) is 1.95. The Morgan fingerprint density at radius 1 is 1.38 bits per heavy atom. The highest BCUT2D eigenvalue weighted by Gasteiger charge is 2.07. The van der Waals surface area contributed by atoms with Gasteiger partial charge in [-0.3, -0.25) is 4.98 Å². The molecule has 0 radical (unpaired) electrons. The summed E-state index contributed by atoms with van der Waals surface area (Å²) in [5, 5.41) is 3.19. The van der Waals surface area contributed by atoms with E-state index < -0.39 is 0 Å². The number of pyridine rings is 1. The predicted octanol–water partition coefficient (Wildman–Crippen LogP) is 2.49. The van der Waals surface area contributed by atoms with E-state index in [-0.39, 0.29) is 0 Å². The van der Waals surface area contributed by atoms with Gasteiger partial charge in [0.1, 0.15) is 11.5 Å². The van der Waals surface area contributed by atoms with Crippen molar-refractivity contribution >= 4 is 0 Å². The first-order chi connectivity index (χ1) is 7.79. The Morgan fingerprint density at radius 3 is 2.94 bits per heavy atom. The first-order valence-corrected chi connectivity index (χ1v) is 5.46. The van der Waals surface area contributed by atoms with Crippen LogP contribution in [0.25, 0.3) is 11.3 Å². The molecule has 0 bridgehead atoms. The average Bonchev–Trinajstić information content (AvgIpc) is 2.78. The minimum Gasteiger partial charge on any atom is -0.461 e. The zero-order valence-electron chi connectivity index (χ0n) is 9.60. The highest BCUT2D eigenvalue weighted by atomic mass is 16.3. The lowest BCUT2D eigenvalue weighted by molar-refractivity contribution is 0.481. The molecule has 0 saturated heterocycles. The molecule has 0 aliphatic heterocycles. The molecule has 0 amide bonds. The molecule has 2 rings (SSSR count). The minimum absolute atomic E-state index is 0.424. The number of hydrogen-bond acceptors (Lipinski definition) is 3. The van der Waals surface area contributed by atoms with Crippen molar-refractivity contribution in [2.75, 3.05) is 7.05 Å². The highest BCUT2D eigenvalue weighted by Crippen LogP contribution is 2.21. The molecule has 0 aliphatic carbocycles. The van der Waals surface area contributed by atoms with Crippen LogP contribution in [0.1, 0.15) is 12.7 Å². The summed E-state index contributed by atoms with van der Waals surface area (Å²) in [5.74, 6) is 1.88. The van der Waals surface area contributed by atoms with Gasteiger partial charge >= 0.3 is 0 Å². The topological polar surface area (TPSA) is 38.1 Å². The van der Waals surface area contributed by atoms with Gasteiger partial charge < -0.3 is 9.73 Å². The van der Waals surface area contributed by atoms with Crippen molar-refractivity contribution in [1.82, 2.24) is 10.3 Å². The third-order valence-electron chi connectivity index (χ3n) is 2.61. The van der Waals surface area contributed by atoms with Gasteiger partial charge in [-0.15, -0.1) is 0 Å². The molecule has 0 spiro atoms. The molecule has 2 aromatic heterocycles. The third-order valence-corrected chi connectivity index (χ3v) is 2.61. The SMILES string of the molecule is CNC(C)Cc1ccc(-c2cccnc2)o1. The maximum absolute atomic E-state index is 5.76. The van der Waals surface area contributed by atoms with Crippen molar-refractivity contribution in [2.45, 2.75) is 19.4 Å². The molecule has 0 fully saturated rings.